The van der Waals surface area contributed by atoms with Crippen LogP contribution >= 0.6 is 23.2 Å². The van der Waals surface area contributed by atoms with E-state index in [2.05, 4.69) is 5.32 Å². The van der Waals surface area contributed by atoms with Gasteiger partial charge in [-0.2, -0.15) is 0 Å². The van der Waals surface area contributed by atoms with Crippen molar-refractivity contribution >= 4 is 34.8 Å². The monoisotopic (exact) mass is 325 g/mol. The van der Waals surface area contributed by atoms with E-state index in [0.717, 1.165) is 16.8 Å². The summed E-state index contributed by atoms with van der Waals surface area (Å²) in [6, 6.07) is 3.89. The Hall–Kier alpha value is -0.730. The molecule has 1 atom stereocenters. The van der Waals surface area contributed by atoms with E-state index in [4.69, 9.17) is 23.2 Å². The van der Waals surface area contributed by atoms with Gasteiger partial charge in [0.25, 0.3) is 0 Å². The zero-order valence-corrected chi connectivity index (χ0v) is 13.6. The number of carbonyl (C=O) groups is 1. The molecule has 0 radical (unpaired) electrons. The third kappa shape index (κ3) is 3.37. The average Bonchev–Trinajstić information content (AvgIpc) is 2.76. The first-order valence-electron chi connectivity index (χ1n) is 7.91. The van der Waals surface area contributed by atoms with E-state index in [9.17, 15) is 4.79 Å². The molecular weight excluding hydrogens is 305 g/mol. The summed E-state index contributed by atoms with van der Waals surface area (Å²) < 4.78 is 0. The highest BCUT2D eigenvalue weighted by Crippen LogP contribution is 2.42. The van der Waals surface area contributed by atoms with Gasteiger partial charge >= 0.3 is 0 Å². The Bertz CT molecular complexity index is 536. The molecule has 1 aliphatic carbocycles. The lowest BCUT2D eigenvalue weighted by Crippen LogP contribution is -2.11. The van der Waals surface area contributed by atoms with Gasteiger partial charge in [-0.3, -0.25) is 4.79 Å². The lowest BCUT2D eigenvalue weighted by Gasteiger charge is -2.25. The maximum Gasteiger partial charge on any atom is 0.228 e. The van der Waals surface area contributed by atoms with E-state index in [1.165, 1.54) is 44.9 Å². The lowest BCUT2D eigenvalue weighted by atomic mass is 9.86. The molecule has 1 amide bonds. The van der Waals surface area contributed by atoms with Crippen molar-refractivity contribution < 1.29 is 4.79 Å². The molecule has 0 saturated heterocycles. The van der Waals surface area contributed by atoms with E-state index in [0.29, 0.717) is 17.4 Å². The van der Waals surface area contributed by atoms with Gasteiger partial charge in [0.2, 0.25) is 5.91 Å². The summed E-state index contributed by atoms with van der Waals surface area (Å²) in [5.41, 5.74) is 2.87. The van der Waals surface area contributed by atoms with Crippen molar-refractivity contribution in [2.24, 2.45) is 5.92 Å². The van der Waals surface area contributed by atoms with Gasteiger partial charge in [0.15, 0.2) is 0 Å². The van der Waals surface area contributed by atoms with Crippen LogP contribution in [0.1, 0.15) is 61.4 Å². The maximum atomic E-state index is 11.5. The average molecular weight is 326 g/mol. The number of benzene rings is 1. The van der Waals surface area contributed by atoms with Gasteiger partial charge in [-0.1, -0.05) is 49.8 Å². The Morgan fingerprint density at radius 3 is 2.48 bits per heavy atom. The van der Waals surface area contributed by atoms with Crippen LogP contribution in [0, 0.1) is 5.92 Å². The fourth-order valence-electron chi connectivity index (χ4n) is 3.51. The maximum absolute atomic E-state index is 11.5. The Morgan fingerprint density at radius 2 is 1.76 bits per heavy atom. The predicted octanol–water partition coefficient (Wildman–Crippen LogP) is 5.48. The molecule has 1 unspecified atom stereocenters. The number of rotatable bonds is 2. The zero-order chi connectivity index (χ0) is 14.8. The van der Waals surface area contributed by atoms with Crippen molar-refractivity contribution in [1.29, 1.82) is 0 Å². The van der Waals surface area contributed by atoms with Crippen molar-refractivity contribution in [3.05, 3.63) is 28.3 Å². The van der Waals surface area contributed by atoms with Crippen molar-refractivity contribution in [2.75, 3.05) is 5.32 Å². The van der Waals surface area contributed by atoms with Crippen molar-refractivity contribution in [3.8, 4) is 0 Å². The topological polar surface area (TPSA) is 29.1 Å². The molecule has 21 heavy (non-hydrogen) atoms. The highest BCUT2D eigenvalue weighted by Gasteiger charge is 2.26. The second kappa shape index (κ2) is 6.58. The quantitative estimate of drug-likeness (QED) is 0.717. The van der Waals surface area contributed by atoms with Crippen LogP contribution in [0.2, 0.25) is 5.02 Å². The normalized spacial score (nSPS) is 21.3. The van der Waals surface area contributed by atoms with Crippen molar-refractivity contribution in [3.63, 3.8) is 0 Å². The Morgan fingerprint density at radius 1 is 1.10 bits per heavy atom. The summed E-state index contributed by atoms with van der Waals surface area (Å²) in [7, 11) is 0. The number of carbonyl (C=O) groups excluding carboxylic acids is 1. The Labute approximate surface area is 136 Å². The van der Waals surface area contributed by atoms with Gasteiger partial charge in [0.05, 0.1) is 11.8 Å². The summed E-state index contributed by atoms with van der Waals surface area (Å²) in [6.45, 7) is 0. The predicted molar refractivity (Wildman–Crippen MR) is 88.2 cm³/mol. The van der Waals surface area contributed by atoms with E-state index < -0.39 is 0 Å². The summed E-state index contributed by atoms with van der Waals surface area (Å²) in [6.07, 6.45) is 9.30. The second-order valence-electron chi connectivity index (χ2n) is 6.26. The van der Waals surface area contributed by atoms with Crippen molar-refractivity contribution in [1.82, 2.24) is 0 Å². The first-order valence-corrected chi connectivity index (χ1v) is 8.73. The molecule has 1 aromatic carbocycles. The summed E-state index contributed by atoms with van der Waals surface area (Å²) in [5, 5.41) is 3.47. The van der Waals surface area contributed by atoms with E-state index in [1.54, 1.807) is 0 Å². The largest absolute Gasteiger partial charge is 0.325 e. The van der Waals surface area contributed by atoms with Crippen LogP contribution in [0.15, 0.2) is 12.1 Å². The molecule has 1 saturated carbocycles. The number of amides is 1. The van der Waals surface area contributed by atoms with Crippen LogP contribution in [0.3, 0.4) is 0 Å². The van der Waals surface area contributed by atoms with E-state index in [-0.39, 0.29) is 11.3 Å². The Kier molecular flexibility index (Phi) is 4.75. The molecule has 0 bridgehead atoms. The summed E-state index contributed by atoms with van der Waals surface area (Å²) in [5.74, 6) is 0.530. The third-order valence-electron chi connectivity index (χ3n) is 4.71. The molecule has 1 heterocycles. The standard InChI is InChI=1S/C17H21Cl2NO/c18-14-10-15-12(9-16(21)20-15)8-13(14)17(19)11-6-4-2-1-3-5-7-11/h8,10-11,17H,1-7,9H2,(H,20,21). The van der Waals surface area contributed by atoms with Gasteiger partial charge in [-0.25, -0.2) is 0 Å². The number of fused-ring (bicyclic) bond motifs is 1. The molecule has 0 spiro atoms. The van der Waals surface area contributed by atoms with Crippen LogP contribution < -0.4 is 5.32 Å². The van der Waals surface area contributed by atoms with E-state index >= 15 is 0 Å². The zero-order valence-electron chi connectivity index (χ0n) is 12.1. The Balaban J connectivity index is 1.82. The van der Waals surface area contributed by atoms with Crippen molar-refractivity contribution in [2.45, 2.75) is 56.7 Å². The second-order valence-corrected chi connectivity index (χ2v) is 7.14. The number of hydrogen-bond donors (Lipinski definition) is 1. The fraction of sp³-hybridized carbons (Fsp3) is 0.588. The molecule has 3 rings (SSSR count). The minimum absolute atomic E-state index is 0.0373. The summed E-state index contributed by atoms with van der Waals surface area (Å²) in [4.78, 5) is 11.5. The number of halogens is 2. The first-order chi connectivity index (χ1) is 10.1. The molecule has 1 aromatic rings. The molecule has 1 fully saturated rings. The SMILES string of the molecule is O=C1Cc2cc(C(Cl)C3CCCCCCC3)c(Cl)cc2N1. The highest BCUT2D eigenvalue weighted by atomic mass is 35.5. The van der Waals surface area contributed by atoms with Crippen LogP contribution in [0.25, 0.3) is 0 Å². The molecule has 2 nitrogen and oxygen atoms in total. The number of anilines is 1. The molecule has 0 aromatic heterocycles. The van der Waals surface area contributed by atoms with Crippen LogP contribution in [-0.2, 0) is 11.2 Å². The van der Waals surface area contributed by atoms with Crippen LogP contribution in [-0.4, -0.2) is 5.91 Å². The van der Waals surface area contributed by atoms with Crippen LogP contribution in [0.4, 0.5) is 5.69 Å². The minimum atomic E-state index is -0.0448. The summed E-state index contributed by atoms with van der Waals surface area (Å²) >= 11 is 13.2. The highest BCUT2D eigenvalue weighted by molar-refractivity contribution is 6.33. The smallest absolute Gasteiger partial charge is 0.228 e. The molecule has 2 aliphatic rings. The molecule has 1 N–H and O–H groups in total. The fourth-order valence-corrected chi connectivity index (χ4v) is 4.28. The number of nitrogens with one attached hydrogen (secondary N) is 1. The molecular formula is C17H21Cl2NO. The van der Waals surface area contributed by atoms with Gasteiger partial charge < -0.3 is 5.32 Å². The number of hydrogen-bond acceptors (Lipinski definition) is 1. The molecule has 114 valence electrons. The van der Waals surface area contributed by atoms with E-state index in [1.807, 2.05) is 12.1 Å². The van der Waals surface area contributed by atoms with Gasteiger partial charge in [-0.15, -0.1) is 11.6 Å². The first kappa shape index (κ1) is 15.2. The van der Waals surface area contributed by atoms with Gasteiger partial charge in [-0.05, 0) is 36.0 Å². The van der Waals surface area contributed by atoms with Gasteiger partial charge in [0.1, 0.15) is 0 Å². The lowest BCUT2D eigenvalue weighted by molar-refractivity contribution is -0.115. The third-order valence-corrected chi connectivity index (χ3v) is 5.63. The minimum Gasteiger partial charge on any atom is -0.325 e. The number of alkyl halides is 1. The van der Waals surface area contributed by atoms with Crippen LogP contribution in [0.5, 0.6) is 0 Å². The molecule has 1 aliphatic heterocycles. The van der Waals surface area contributed by atoms with Gasteiger partial charge in [0, 0.05) is 10.7 Å². The molecule has 4 heteroatoms.